The standard InChI is InChI=1S/C18H18FN3O2/c19-14-5-3-4-13(12-14)6-7-16-15-8-11-22(17(15)24-20-16)18(23)21-9-1-2-10-21/h3-5,12,15,17H,1-2,8-11H2. The largest absolute Gasteiger partial charge is 0.369 e. The molecule has 1 aromatic rings. The van der Waals surface area contributed by atoms with Gasteiger partial charge in [0.25, 0.3) is 0 Å². The zero-order chi connectivity index (χ0) is 16.5. The highest BCUT2D eigenvalue weighted by Gasteiger charge is 2.46. The fourth-order valence-corrected chi connectivity index (χ4v) is 3.46. The molecule has 2 atom stereocenters. The highest BCUT2D eigenvalue weighted by Crippen LogP contribution is 2.32. The van der Waals surface area contributed by atoms with Crippen LogP contribution in [0.2, 0.25) is 0 Å². The number of nitrogens with zero attached hydrogens (tertiary/aromatic N) is 3. The van der Waals surface area contributed by atoms with E-state index in [9.17, 15) is 9.18 Å². The first kappa shape index (κ1) is 15.0. The second kappa shape index (κ2) is 6.16. The Morgan fingerprint density at radius 2 is 2.08 bits per heavy atom. The SMILES string of the molecule is O=C(N1CCCC1)N1CCC2C(C#Cc3cccc(F)c3)=NOC21. The van der Waals surface area contributed by atoms with Gasteiger partial charge in [-0.05, 0) is 43.4 Å². The lowest BCUT2D eigenvalue weighted by atomic mass is 10.0. The number of amides is 2. The summed E-state index contributed by atoms with van der Waals surface area (Å²) in [4.78, 5) is 21.7. The van der Waals surface area contributed by atoms with Gasteiger partial charge >= 0.3 is 6.03 Å². The van der Waals surface area contributed by atoms with Crippen LogP contribution < -0.4 is 0 Å². The summed E-state index contributed by atoms with van der Waals surface area (Å²) >= 11 is 0. The Kier molecular flexibility index (Phi) is 3.85. The second-order valence-electron chi connectivity index (χ2n) is 6.30. The number of halogens is 1. The van der Waals surface area contributed by atoms with Crippen LogP contribution in [0.25, 0.3) is 0 Å². The Balaban J connectivity index is 1.45. The Hall–Kier alpha value is -2.55. The highest BCUT2D eigenvalue weighted by molar-refractivity contribution is 6.03. The smallest absolute Gasteiger partial charge is 0.322 e. The van der Waals surface area contributed by atoms with Gasteiger partial charge in [-0.25, -0.2) is 9.18 Å². The van der Waals surface area contributed by atoms with Crippen LogP contribution in [0.5, 0.6) is 0 Å². The normalized spacial score (nSPS) is 25.0. The van der Waals surface area contributed by atoms with Crippen molar-refractivity contribution in [2.45, 2.75) is 25.5 Å². The summed E-state index contributed by atoms with van der Waals surface area (Å²) in [7, 11) is 0. The molecule has 0 spiro atoms. The summed E-state index contributed by atoms with van der Waals surface area (Å²) in [5.41, 5.74) is 1.24. The van der Waals surface area contributed by atoms with E-state index >= 15 is 0 Å². The van der Waals surface area contributed by atoms with Crippen LogP contribution in [0.1, 0.15) is 24.8 Å². The summed E-state index contributed by atoms with van der Waals surface area (Å²) < 4.78 is 13.2. The minimum Gasteiger partial charge on any atom is -0.369 e. The Bertz CT molecular complexity index is 746. The van der Waals surface area contributed by atoms with Gasteiger partial charge in [-0.15, -0.1) is 0 Å². The molecular weight excluding hydrogens is 309 g/mol. The molecule has 2 unspecified atom stereocenters. The van der Waals surface area contributed by atoms with Gasteiger partial charge in [0.15, 0.2) is 0 Å². The van der Waals surface area contributed by atoms with Crippen molar-refractivity contribution in [1.29, 1.82) is 0 Å². The van der Waals surface area contributed by atoms with E-state index in [0.717, 1.165) is 32.4 Å². The van der Waals surface area contributed by atoms with Gasteiger partial charge in [0.2, 0.25) is 6.23 Å². The van der Waals surface area contributed by atoms with E-state index in [4.69, 9.17) is 4.84 Å². The minimum absolute atomic E-state index is 0.0117. The molecule has 0 N–H and O–H groups in total. The lowest BCUT2D eigenvalue weighted by Crippen LogP contribution is -2.45. The van der Waals surface area contributed by atoms with Crippen LogP contribution in [0.3, 0.4) is 0 Å². The van der Waals surface area contributed by atoms with Gasteiger partial charge < -0.3 is 9.74 Å². The van der Waals surface area contributed by atoms with E-state index < -0.39 is 0 Å². The zero-order valence-corrected chi connectivity index (χ0v) is 13.2. The van der Waals surface area contributed by atoms with Gasteiger partial charge in [0, 0.05) is 25.2 Å². The third-order valence-corrected chi connectivity index (χ3v) is 4.72. The fourth-order valence-electron chi connectivity index (χ4n) is 3.46. The van der Waals surface area contributed by atoms with E-state index in [2.05, 4.69) is 17.0 Å². The molecule has 0 aromatic heterocycles. The molecule has 5 nitrogen and oxygen atoms in total. The molecule has 2 amide bonds. The van der Waals surface area contributed by atoms with Crippen molar-refractivity contribution in [2.75, 3.05) is 19.6 Å². The molecule has 2 saturated heterocycles. The third kappa shape index (κ3) is 2.71. The average Bonchev–Trinajstić information content (AvgIpc) is 3.30. The predicted molar refractivity (Wildman–Crippen MR) is 86.6 cm³/mol. The lowest BCUT2D eigenvalue weighted by molar-refractivity contribution is -0.0126. The van der Waals surface area contributed by atoms with Crippen molar-refractivity contribution >= 4 is 11.7 Å². The maximum atomic E-state index is 13.2. The van der Waals surface area contributed by atoms with E-state index in [1.165, 1.54) is 12.1 Å². The fraction of sp³-hybridized carbons (Fsp3) is 0.444. The summed E-state index contributed by atoms with van der Waals surface area (Å²) in [6.07, 6.45) is 2.57. The maximum absolute atomic E-state index is 13.2. The molecule has 1 aromatic carbocycles. The summed E-state index contributed by atoms with van der Waals surface area (Å²) in [5.74, 6) is 5.61. The third-order valence-electron chi connectivity index (χ3n) is 4.72. The number of carbonyl (C=O) groups excluding carboxylic acids is 1. The van der Waals surface area contributed by atoms with Crippen molar-refractivity contribution < 1.29 is 14.0 Å². The number of urea groups is 1. The number of oxime groups is 1. The molecule has 3 heterocycles. The molecule has 2 fully saturated rings. The van der Waals surface area contributed by atoms with E-state index in [-0.39, 0.29) is 24.0 Å². The van der Waals surface area contributed by atoms with Crippen LogP contribution >= 0.6 is 0 Å². The van der Waals surface area contributed by atoms with Crippen LogP contribution in [-0.4, -0.2) is 47.4 Å². The van der Waals surface area contributed by atoms with Gasteiger partial charge in [0.05, 0.1) is 5.92 Å². The van der Waals surface area contributed by atoms with E-state index in [0.29, 0.717) is 17.8 Å². The first-order chi connectivity index (χ1) is 11.7. The molecule has 0 radical (unpaired) electrons. The van der Waals surface area contributed by atoms with Crippen LogP contribution in [0, 0.1) is 23.6 Å². The van der Waals surface area contributed by atoms with Crippen LogP contribution in [0.15, 0.2) is 29.4 Å². The number of hydrogen-bond donors (Lipinski definition) is 0. The Labute approximate surface area is 140 Å². The quantitative estimate of drug-likeness (QED) is 0.687. The molecule has 4 rings (SSSR count). The molecule has 3 aliphatic heterocycles. The summed E-state index contributed by atoms with van der Waals surface area (Å²) in [6.45, 7) is 2.30. The summed E-state index contributed by atoms with van der Waals surface area (Å²) in [5, 5.41) is 4.05. The zero-order valence-electron chi connectivity index (χ0n) is 13.2. The number of benzene rings is 1. The van der Waals surface area contributed by atoms with Crippen molar-refractivity contribution in [3.05, 3.63) is 35.6 Å². The monoisotopic (exact) mass is 327 g/mol. The molecular formula is C18H18FN3O2. The number of hydrogen-bond acceptors (Lipinski definition) is 3. The molecule has 0 bridgehead atoms. The van der Waals surface area contributed by atoms with Crippen LogP contribution in [-0.2, 0) is 4.84 Å². The number of fused-ring (bicyclic) bond motifs is 1. The van der Waals surface area contributed by atoms with Gasteiger partial charge in [0.1, 0.15) is 11.5 Å². The molecule has 0 aliphatic carbocycles. The Morgan fingerprint density at radius 1 is 1.25 bits per heavy atom. The van der Waals surface area contributed by atoms with Crippen molar-refractivity contribution in [3.8, 4) is 11.8 Å². The number of likely N-dealkylation sites (tertiary alicyclic amines) is 2. The van der Waals surface area contributed by atoms with Crippen LogP contribution in [0.4, 0.5) is 9.18 Å². The average molecular weight is 327 g/mol. The molecule has 3 aliphatic rings. The predicted octanol–water partition coefficient (Wildman–Crippen LogP) is 2.43. The van der Waals surface area contributed by atoms with E-state index in [1.54, 1.807) is 17.0 Å². The second-order valence-corrected chi connectivity index (χ2v) is 6.30. The van der Waals surface area contributed by atoms with Gasteiger partial charge in [-0.2, -0.15) is 0 Å². The first-order valence-corrected chi connectivity index (χ1v) is 8.29. The van der Waals surface area contributed by atoms with Crippen molar-refractivity contribution in [2.24, 2.45) is 11.1 Å². The highest BCUT2D eigenvalue weighted by atomic mass is 19.1. The Morgan fingerprint density at radius 3 is 2.88 bits per heavy atom. The molecule has 6 heteroatoms. The molecule has 24 heavy (non-hydrogen) atoms. The molecule has 0 saturated carbocycles. The maximum Gasteiger partial charge on any atom is 0.322 e. The van der Waals surface area contributed by atoms with E-state index in [1.807, 2.05) is 4.90 Å². The molecule has 124 valence electrons. The van der Waals surface area contributed by atoms with Crippen molar-refractivity contribution in [1.82, 2.24) is 9.80 Å². The summed E-state index contributed by atoms with van der Waals surface area (Å²) in [6, 6.07) is 6.19. The van der Waals surface area contributed by atoms with Gasteiger partial charge in [-0.1, -0.05) is 17.1 Å². The topological polar surface area (TPSA) is 45.1 Å². The van der Waals surface area contributed by atoms with Crippen molar-refractivity contribution in [3.63, 3.8) is 0 Å². The van der Waals surface area contributed by atoms with Gasteiger partial charge in [-0.3, -0.25) is 4.90 Å². The first-order valence-electron chi connectivity index (χ1n) is 8.29. The number of rotatable bonds is 0. The lowest BCUT2D eigenvalue weighted by Gasteiger charge is -2.27. The minimum atomic E-state index is -0.352. The number of carbonyl (C=O) groups is 1.